The Balaban J connectivity index is 1.63. The lowest BCUT2D eigenvalue weighted by atomic mass is 10.1. The van der Waals surface area contributed by atoms with Gasteiger partial charge >= 0.3 is 0 Å². The van der Waals surface area contributed by atoms with Crippen LogP contribution < -0.4 is 9.47 Å². The highest BCUT2D eigenvalue weighted by atomic mass is 32.2. The molecule has 0 amide bonds. The maximum atomic E-state index is 12.4. The normalized spacial score (nSPS) is 11.4. The largest absolute Gasteiger partial charge is 0.497 e. The molecule has 6 heteroatoms. The van der Waals surface area contributed by atoms with Crippen LogP contribution in [0.3, 0.4) is 0 Å². The maximum absolute atomic E-state index is 12.4. The van der Waals surface area contributed by atoms with Crippen LogP contribution in [0.4, 0.5) is 0 Å². The van der Waals surface area contributed by atoms with Gasteiger partial charge in [0.2, 0.25) is 0 Å². The van der Waals surface area contributed by atoms with Crippen molar-refractivity contribution in [3.8, 4) is 11.5 Å². The van der Waals surface area contributed by atoms with Gasteiger partial charge in [-0.1, -0.05) is 30.3 Å². The molecule has 30 heavy (non-hydrogen) atoms. The van der Waals surface area contributed by atoms with Gasteiger partial charge in [-0.2, -0.15) is 0 Å². The number of rotatable bonds is 8. The first kappa shape index (κ1) is 21.3. The molecule has 0 unspecified atom stereocenters. The van der Waals surface area contributed by atoms with Crippen molar-refractivity contribution in [3.05, 3.63) is 94.9 Å². The summed E-state index contributed by atoms with van der Waals surface area (Å²) in [5.41, 5.74) is 2.28. The Morgan fingerprint density at radius 2 is 1.60 bits per heavy atom. The molecule has 0 spiro atoms. The molecule has 0 heterocycles. The highest BCUT2D eigenvalue weighted by Gasteiger charge is 2.10. The quantitative estimate of drug-likeness (QED) is 0.482. The summed E-state index contributed by atoms with van der Waals surface area (Å²) in [4.78, 5) is 11.7. The van der Waals surface area contributed by atoms with E-state index in [0.29, 0.717) is 23.7 Å². The smallest absolute Gasteiger partial charge is 0.199 e. The second-order valence-electron chi connectivity index (χ2n) is 6.64. The molecule has 0 aliphatic carbocycles. The molecule has 3 aromatic rings. The number of hydrogen-bond donors (Lipinski definition) is 0. The summed E-state index contributed by atoms with van der Waals surface area (Å²) in [7, 11) is -2.02. The van der Waals surface area contributed by atoms with Crippen LogP contribution in [-0.4, -0.2) is 21.3 Å². The zero-order valence-corrected chi connectivity index (χ0v) is 17.6. The number of hydrogen-bond acceptors (Lipinski definition) is 5. The van der Waals surface area contributed by atoms with Crippen LogP contribution in [-0.2, 0) is 16.4 Å². The SMILES string of the molecule is COc1ccc(S(=O)(=O)/C=C/c2ccc(OCc3cccc(C(C)=O)c3)cc2)cc1. The Labute approximate surface area is 176 Å². The number of carbonyl (C=O) groups excluding carboxylic acids is 1. The van der Waals surface area contributed by atoms with Crippen LogP contribution in [0.5, 0.6) is 11.5 Å². The van der Waals surface area contributed by atoms with Gasteiger partial charge in [-0.3, -0.25) is 4.79 Å². The fourth-order valence-electron chi connectivity index (χ4n) is 2.73. The summed E-state index contributed by atoms with van der Waals surface area (Å²) in [6, 6.07) is 20.6. The average Bonchev–Trinajstić information content (AvgIpc) is 2.77. The van der Waals surface area contributed by atoms with Gasteiger partial charge in [0.15, 0.2) is 15.6 Å². The molecule has 5 nitrogen and oxygen atoms in total. The molecule has 0 aliphatic rings. The van der Waals surface area contributed by atoms with Crippen LogP contribution in [0, 0.1) is 0 Å². The van der Waals surface area contributed by atoms with Crippen molar-refractivity contribution in [2.24, 2.45) is 0 Å². The average molecular weight is 423 g/mol. The van der Waals surface area contributed by atoms with Gasteiger partial charge in [0, 0.05) is 11.0 Å². The van der Waals surface area contributed by atoms with Gasteiger partial charge in [0.25, 0.3) is 0 Å². The van der Waals surface area contributed by atoms with Gasteiger partial charge in [-0.05, 0) is 66.6 Å². The Kier molecular flexibility index (Phi) is 6.69. The fraction of sp³-hybridized carbons (Fsp3) is 0.125. The number of ketones is 1. The molecule has 0 N–H and O–H groups in total. The molecule has 3 aromatic carbocycles. The predicted molar refractivity (Wildman–Crippen MR) is 116 cm³/mol. The second kappa shape index (κ2) is 9.41. The summed E-state index contributed by atoms with van der Waals surface area (Å²) in [5, 5.41) is 1.18. The van der Waals surface area contributed by atoms with E-state index in [4.69, 9.17) is 9.47 Å². The van der Waals surface area contributed by atoms with Crippen LogP contribution in [0.1, 0.15) is 28.4 Å². The van der Waals surface area contributed by atoms with Crippen LogP contribution in [0.15, 0.2) is 83.1 Å². The van der Waals surface area contributed by atoms with Crippen molar-refractivity contribution >= 4 is 21.7 Å². The third kappa shape index (κ3) is 5.58. The number of benzene rings is 3. The third-order valence-electron chi connectivity index (χ3n) is 4.45. The van der Waals surface area contributed by atoms with E-state index < -0.39 is 9.84 Å². The van der Waals surface area contributed by atoms with E-state index in [2.05, 4.69) is 0 Å². The monoisotopic (exact) mass is 422 g/mol. The highest BCUT2D eigenvalue weighted by molar-refractivity contribution is 7.94. The second-order valence-corrected chi connectivity index (χ2v) is 8.47. The standard InChI is InChI=1S/C24H22O5S/c1-18(25)21-5-3-4-20(16-21)17-29-23-8-6-19(7-9-23)14-15-30(26,27)24-12-10-22(28-2)11-13-24/h3-16H,17H2,1-2H3/b15-14+. The van der Waals surface area contributed by atoms with E-state index in [1.54, 1.807) is 48.5 Å². The van der Waals surface area contributed by atoms with E-state index >= 15 is 0 Å². The van der Waals surface area contributed by atoms with Gasteiger partial charge in [-0.15, -0.1) is 0 Å². The lowest BCUT2D eigenvalue weighted by Crippen LogP contribution is -1.98. The summed E-state index contributed by atoms with van der Waals surface area (Å²) in [6.45, 7) is 1.86. The van der Waals surface area contributed by atoms with E-state index in [1.165, 1.54) is 31.6 Å². The van der Waals surface area contributed by atoms with Crippen LogP contribution in [0.25, 0.3) is 6.08 Å². The molecule has 0 atom stereocenters. The number of sulfone groups is 1. The predicted octanol–water partition coefficient (Wildman–Crippen LogP) is 4.92. The summed E-state index contributed by atoms with van der Waals surface area (Å²) in [6.07, 6.45) is 1.54. The van der Waals surface area contributed by atoms with Crippen molar-refractivity contribution in [2.75, 3.05) is 7.11 Å². The minimum atomic E-state index is -3.55. The molecule has 0 aromatic heterocycles. The number of carbonyl (C=O) groups is 1. The zero-order valence-electron chi connectivity index (χ0n) is 16.7. The molecule has 3 rings (SSSR count). The molecule has 0 radical (unpaired) electrons. The lowest BCUT2D eigenvalue weighted by molar-refractivity contribution is 0.101. The number of methoxy groups -OCH3 is 1. The van der Waals surface area contributed by atoms with Crippen molar-refractivity contribution < 1.29 is 22.7 Å². The van der Waals surface area contributed by atoms with Crippen molar-refractivity contribution in [2.45, 2.75) is 18.4 Å². The molecule has 0 fully saturated rings. The van der Waals surface area contributed by atoms with E-state index in [9.17, 15) is 13.2 Å². The molecule has 0 aliphatic heterocycles. The van der Waals surface area contributed by atoms with Crippen LogP contribution in [0.2, 0.25) is 0 Å². The highest BCUT2D eigenvalue weighted by Crippen LogP contribution is 2.20. The summed E-state index contributed by atoms with van der Waals surface area (Å²) in [5.74, 6) is 1.26. The fourth-order valence-corrected chi connectivity index (χ4v) is 3.74. The van der Waals surface area contributed by atoms with Crippen molar-refractivity contribution in [1.29, 1.82) is 0 Å². The van der Waals surface area contributed by atoms with E-state index in [0.717, 1.165) is 11.1 Å². The van der Waals surface area contributed by atoms with E-state index in [1.807, 2.05) is 18.2 Å². The van der Waals surface area contributed by atoms with E-state index in [-0.39, 0.29) is 10.7 Å². The summed E-state index contributed by atoms with van der Waals surface area (Å²) >= 11 is 0. The molecule has 0 saturated carbocycles. The molecular weight excluding hydrogens is 400 g/mol. The Hall–Kier alpha value is -3.38. The number of ether oxygens (including phenoxy) is 2. The first-order valence-corrected chi connectivity index (χ1v) is 10.8. The first-order valence-electron chi connectivity index (χ1n) is 9.27. The van der Waals surface area contributed by atoms with Gasteiger partial charge in [0.05, 0.1) is 12.0 Å². The Morgan fingerprint density at radius 3 is 2.23 bits per heavy atom. The number of Topliss-reactive ketones (excluding diaryl/α,β-unsaturated/α-hetero) is 1. The van der Waals surface area contributed by atoms with Gasteiger partial charge in [-0.25, -0.2) is 8.42 Å². The van der Waals surface area contributed by atoms with Crippen molar-refractivity contribution in [3.63, 3.8) is 0 Å². The lowest BCUT2D eigenvalue weighted by Gasteiger charge is -2.07. The molecule has 0 saturated heterocycles. The Bertz CT molecular complexity index is 1140. The maximum Gasteiger partial charge on any atom is 0.199 e. The summed E-state index contributed by atoms with van der Waals surface area (Å²) < 4.78 is 35.7. The Morgan fingerprint density at radius 1 is 0.933 bits per heavy atom. The minimum Gasteiger partial charge on any atom is -0.497 e. The zero-order chi connectivity index (χ0) is 21.6. The minimum absolute atomic E-state index is 0.0117. The third-order valence-corrected chi connectivity index (χ3v) is 5.87. The molecular formula is C24H22O5S. The van der Waals surface area contributed by atoms with Crippen LogP contribution >= 0.6 is 0 Å². The van der Waals surface area contributed by atoms with Crippen molar-refractivity contribution in [1.82, 2.24) is 0 Å². The molecule has 154 valence electrons. The topological polar surface area (TPSA) is 69.7 Å². The van der Waals surface area contributed by atoms with Gasteiger partial charge in [0.1, 0.15) is 18.1 Å². The first-order chi connectivity index (χ1) is 14.4. The van der Waals surface area contributed by atoms with Gasteiger partial charge < -0.3 is 9.47 Å². The molecule has 0 bridgehead atoms.